The van der Waals surface area contributed by atoms with Gasteiger partial charge in [0.15, 0.2) is 0 Å². The molecule has 0 aliphatic carbocycles. The Morgan fingerprint density at radius 2 is 2.00 bits per heavy atom. The first-order chi connectivity index (χ1) is 8.54. The Labute approximate surface area is 106 Å². The SMILES string of the molecule is N#Cc1ccc(S(=O)(=O)N2CCCC(O)C2)cc1. The number of sulfonamides is 1. The number of nitriles is 1. The van der Waals surface area contributed by atoms with Gasteiger partial charge in [0, 0.05) is 13.1 Å². The van der Waals surface area contributed by atoms with Gasteiger partial charge < -0.3 is 5.11 Å². The van der Waals surface area contributed by atoms with Crippen molar-refractivity contribution in [1.82, 2.24) is 4.31 Å². The number of β-amino-alcohol motifs (C(OH)–C–C–N with tert-alkyl or cyclic N) is 1. The normalized spacial score (nSPS) is 21.4. The molecule has 1 aromatic carbocycles. The van der Waals surface area contributed by atoms with E-state index >= 15 is 0 Å². The highest BCUT2D eigenvalue weighted by molar-refractivity contribution is 7.89. The van der Waals surface area contributed by atoms with Gasteiger partial charge in [-0.2, -0.15) is 9.57 Å². The molecule has 1 aliphatic heterocycles. The zero-order valence-corrected chi connectivity index (χ0v) is 10.6. The van der Waals surface area contributed by atoms with Crippen LogP contribution in [0.25, 0.3) is 0 Å². The summed E-state index contributed by atoms with van der Waals surface area (Å²) < 4.78 is 25.8. The van der Waals surface area contributed by atoms with Crippen molar-refractivity contribution in [3.05, 3.63) is 29.8 Å². The zero-order chi connectivity index (χ0) is 13.2. The summed E-state index contributed by atoms with van der Waals surface area (Å²) in [5, 5.41) is 18.2. The van der Waals surface area contributed by atoms with Crippen molar-refractivity contribution in [2.75, 3.05) is 13.1 Å². The summed E-state index contributed by atoms with van der Waals surface area (Å²) in [5.41, 5.74) is 0.424. The van der Waals surface area contributed by atoms with Crippen LogP contribution < -0.4 is 0 Å². The maximum absolute atomic E-state index is 12.3. The molecule has 1 saturated heterocycles. The highest BCUT2D eigenvalue weighted by Crippen LogP contribution is 2.20. The number of benzene rings is 1. The molecular weight excluding hydrogens is 252 g/mol. The molecule has 1 aliphatic rings. The van der Waals surface area contributed by atoms with E-state index in [4.69, 9.17) is 5.26 Å². The molecule has 1 N–H and O–H groups in total. The molecule has 1 heterocycles. The summed E-state index contributed by atoms with van der Waals surface area (Å²) in [6, 6.07) is 7.75. The minimum atomic E-state index is -3.56. The largest absolute Gasteiger partial charge is 0.392 e. The van der Waals surface area contributed by atoms with Gasteiger partial charge in [0.2, 0.25) is 10.0 Å². The van der Waals surface area contributed by atoms with E-state index in [0.29, 0.717) is 24.9 Å². The lowest BCUT2D eigenvalue weighted by Gasteiger charge is -2.29. The summed E-state index contributed by atoms with van der Waals surface area (Å²) in [4.78, 5) is 0.163. The van der Waals surface area contributed by atoms with Crippen LogP contribution in [0.5, 0.6) is 0 Å². The molecule has 0 bridgehead atoms. The molecule has 0 spiro atoms. The smallest absolute Gasteiger partial charge is 0.243 e. The van der Waals surface area contributed by atoms with Crippen LogP contribution in [-0.4, -0.2) is 37.0 Å². The molecule has 0 aromatic heterocycles. The van der Waals surface area contributed by atoms with Crippen LogP contribution in [0.15, 0.2) is 29.2 Å². The Morgan fingerprint density at radius 1 is 1.33 bits per heavy atom. The Balaban J connectivity index is 2.27. The lowest BCUT2D eigenvalue weighted by Crippen LogP contribution is -2.42. The first-order valence-electron chi connectivity index (χ1n) is 5.72. The van der Waals surface area contributed by atoms with Crippen LogP contribution in [0.4, 0.5) is 0 Å². The first-order valence-corrected chi connectivity index (χ1v) is 7.16. The molecule has 6 heteroatoms. The van der Waals surface area contributed by atoms with Gasteiger partial charge in [-0.15, -0.1) is 0 Å². The van der Waals surface area contributed by atoms with Crippen LogP contribution in [0.1, 0.15) is 18.4 Å². The molecule has 0 radical (unpaired) electrons. The third-order valence-corrected chi connectivity index (χ3v) is 4.86. The quantitative estimate of drug-likeness (QED) is 0.854. The third kappa shape index (κ3) is 2.53. The topological polar surface area (TPSA) is 81.4 Å². The second-order valence-corrected chi connectivity index (χ2v) is 6.23. The molecule has 5 nitrogen and oxygen atoms in total. The molecule has 1 unspecified atom stereocenters. The Morgan fingerprint density at radius 3 is 2.56 bits per heavy atom. The zero-order valence-electron chi connectivity index (χ0n) is 9.78. The van der Waals surface area contributed by atoms with Crippen molar-refractivity contribution >= 4 is 10.0 Å². The maximum atomic E-state index is 12.3. The predicted octanol–water partition coefficient (Wildman–Crippen LogP) is 0.704. The maximum Gasteiger partial charge on any atom is 0.243 e. The van der Waals surface area contributed by atoms with Gasteiger partial charge in [-0.1, -0.05) is 0 Å². The van der Waals surface area contributed by atoms with Crippen LogP contribution in [-0.2, 0) is 10.0 Å². The summed E-state index contributed by atoms with van der Waals surface area (Å²) in [6.45, 7) is 0.571. The van der Waals surface area contributed by atoms with Crippen molar-refractivity contribution in [1.29, 1.82) is 5.26 Å². The van der Waals surface area contributed by atoms with E-state index < -0.39 is 16.1 Å². The van der Waals surface area contributed by atoms with E-state index in [1.54, 1.807) is 0 Å². The Kier molecular flexibility index (Phi) is 3.66. The monoisotopic (exact) mass is 266 g/mol. The molecule has 1 atom stereocenters. The number of hydrogen-bond donors (Lipinski definition) is 1. The van der Waals surface area contributed by atoms with Gasteiger partial charge in [0.05, 0.1) is 22.6 Å². The van der Waals surface area contributed by atoms with E-state index in [2.05, 4.69) is 0 Å². The molecule has 18 heavy (non-hydrogen) atoms. The molecule has 1 aromatic rings. The van der Waals surface area contributed by atoms with Crippen molar-refractivity contribution in [2.24, 2.45) is 0 Å². The van der Waals surface area contributed by atoms with Crippen LogP contribution in [0.3, 0.4) is 0 Å². The highest BCUT2D eigenvalue weighted by atomic mass is 32.2. The fourth-order valence-electron chi connectivity index (χ4n) is 1.99. The van der Waals surface area contributed by atoms with Gasteiger partial charge in [-0.3, -0.25) is 0 Å². The van der Waals surface area contributed by atoms with Gasteiger partial charge in [-0.25, -0.2) is 8.42 Å². The standard InChI is InChI=1S/C12H14N2O3S/c13-8-10-3-5-12(6-4-10)18(16,17)14-7-1-2-11(15)9-14/h3-6,11,15H,1-2,7,9H2. The van der Waals surface area contributed by atoms with Gasteiger partial charge in [-0.05, 0) is 37.1 Å². The van der Waals surface area contributed by atoms with E-state index in [1.165, 1.54) is 28.6 Å². The van der Waals surface area contributed by atoms with Gasteiger partial charge in [0.1, 0.15) is 0 Å². The number of piperidine rings is 1. The van der Waals surface area contributed by atoms with Crippen molar-refractivity contribution in [3.63, 3.8) is 0 Å². The predicted molar refractivity (Wildman–Crippen MR) is 65.2 cm³/mol. The van der Waals surface area contributed by atoms with E-state index in [-0.39, 0.29) is 11.4 Å². The highest BCUT2D eigenvalue weighted by Gasteiger charge is 2.29. The fraction of sp³-hybridized carbons (Fsp3) is 0.417. The second kappa shape index (κ2) is 5.06. The minimum Gasteiger partial charge on any atom is -0.392 e. The van der Waals surface area contributed by atoms with E-state index in [1.807, 2.05) is 6.07 Å². The molecule has 96 valence electrons. The first kappa shape index (κ1) is 13.0. The number of nitrogens with zero attached hydrogens (tertiary/aromatic N) is 2. The molecule has 2 rings (SSSR count). The number of hydrogen-bond acceptors (Lipinski definition) is 4. The second-order valence-electron chi connectivity index (χ2n) is 4.30. The number of aliphatic hydroxyl groups excluding tert-OH is 1. The average Bonchev–Trinajstić information content (AvgIpc) is 2.39. The lowest BCUT2D eigenvalue weighted by molar-refractivity contribution is 0.108. The van der Waals surface area contributed by atoms with Crippen LogP contribution in [0.2, 0.25) is 0 Å². The number of aliphatic hydroxyl groups is 1. The van der Waals surface area contributed by atoms with Gasteiger partial charge in [0.25, 0.3) is 0 Å². The minimum absolute atomic E-state index is 0.141. The summed E-state index contributed by atoms with van der Waals surface area (Å²) in [5.74, 6) is 0. The van der Waals surface area contributed by atoms with E-state index in [0.717, 1.165) is 0 Å². The summed E-state index contributed by atoms with van der Waals surface area (Å²) in [7, 11) is -3.56. The Bertz CT molecular complexity index is 560. The molecule has 0 saturated carbocycles. The average molecular weight is 266 g/mol. The number of rotatable bonds is 2. The third-order valence-electron chi connectivity index (χ3n) is 2.98. The fourth-order valence-corrected chi connectivity index (χ4v) is 3.51. The van der Waals surface area contributed by atoms with Gasteiger partial charge >= 0.3 is 0 Å². The van der Waals surface area contributed by atoms with Crippen molar-refractivity contribution < 1.29 is 13.5 Å². The van der Waals surface area contributed by atoms with Crippen LogP contribution >= 0.6 is 0 Å². The van der Waals surface area contributed by atoms with Crippen molar-refractivity contribution in [3.8, 4) is 6.07 Å². The van der Waals surface area contributed by atoms with Crippen LogP contribution in [0, 0.1) is 11.3 Å². The lowest BCUT2D eigenvalue weighted by atomic mass is 10.1. The van der Waals surface area contributed by atoms with Crippen molar-refractivity contribution in [2.45, 2.75) is 23.8 Å². The molecule has 0 amide bonds. The van der Waals surface area contributed by atoms with E-state index in [9.17, 15) is 13.5 Å². The Hall–Kier alpha value is -1.42. The molecular formula is C12H14N2O3S. The summed E-state index contributed by atoms with van der Waals surface area (Å²) >= 11 is 0. The summed E-state index contributed by atoms with van der Waals surface area (Å²) in [6.07, 6.45) is 0.711. The molecule has 1 fully saturated rings.